The molecule has 3 rings (SSSR count). The van der Waals surface area contributed by atoms with Gasteiger partial charge in [-0.15, -0.1) is 0 Å². The summed E-state index contributed by atoms with van der Waals surface area (Å²) in [4.78, 5) is 3.83. The Hall–Kier alpha value is -2.02. The number of allylic oxidation sites excluding steroid dienone is 1. The van der Waals surface area contributed by atoms with E-state index < -0.39 is 12.1 Å². The molecule has 3 aromatic rings. The summed E-state index contributed by atoms with van der Waals surface area (Å²) in [6.45, 7) is 0. The minimum absolute atomic E-state index is 0.0402. The van der Waals surface area contributed by atoms with Crippen LogP contribution in [0.3, 0.4) is 0 Å². The number of rotatable bonds is 4. The number of halogens is 6. The normalized spacial score (nSPS) is 13.3. The molecule has 0 saturated carbocycles. The summed E-state index contributed by atoms with van der Waals surface area (Å²) >= 11 is 17.9. The summed E-state index contributed by atoms with van der Waals surface area (Å²) in [7, 11) is 0. The maximum atomic E-state index is 13.5. The van der Waals surface area contributed by atoms with Gasteiger partial charge in [-0.25, -0.2) is 9.67 Å². The lowest BCUT2D eigenvalue weighted by Crippen LogP contribution is -2.18. The van der Waals surface area contributed by atoms with Gasteiger partial charge in [-0.2, -0.15) is 18.3 Å². The third-order valence-corrected chi connectivity index (χ3v) is 4.45. The molecule has 0 aliphatic rings. The van der Waals surface area contributed by atoms with Crippen LogP contribution < -0.4 is 0 Å². The Morgan fingerprint density at radius 2 is 1.70 bits per heavy atom. The van der Waals surface area contributed by atoms with Crippen LogP contribution >= 0.6 is 34.8 Å². The van der Waals surface area contributed by atoms with E-state index in [-0.39, 0.29) is 15.6 Å². The molecular formula is C18H11Cl3F3N3. The molecule has 27 heavy (non-hydrogen) atoms. The average molecular weight is 433 g/mol. The van der Waals surface area contributed by atoms with Gasteiger partial charge in [0.15, 0.2) is 0 Å². The molecule has 1 aromatic heterocycles. The Bertz CT molecular complexity index is 949. The van der Waals surface area contributed by atoms with Gasteiger partial charge in [0.05, 0.1) is 16.6 Å². The molecule has 1 heterocycles. The molecule has 140 valence electrons. The highest BCUT2D eigenvalue weighted by Crippen LogP contribution is 2.38. The molecule has 0 amide bonds. The second-order valence-corrected chi connectivity index (χ2v) is 6.91. The molecule has 0 radical (unpaired) electrons. The minimum atomic E-state index is -4.50. The van der Waals surface area contributed by atoms with Crippen molar-refractivity contribution in [1.29, 1.82) is 0 Å². The van der Waals surface area contributed by atoms with Crippen molar-refractivity contribution in [2.45, 2.75) is 12.1 Å². The first kappa shape index (κ1) is 19.7. The topological polar surface area (TPSA) is 30.7 Å². The Kier molecular flexibility index (Phi) is 5.79. The second-order valence-electron chi connectivity index (χ2n) is 5.63. The largest absolute Gasteiger partial charge is 0.399 e. The fourth-order valence-electron chi connectivity index (χ4n) is 2.52. The van der Waals surface area contributed by atoms with Crippen LogP contribution in [0.5, 0.6) is 0 Å². The van der Waals surface area contributed by atoms with Crippen molar-refractivity contribution in [2.24, 2.45) is 0 Å². The second kappa shape index (κ2) is 7.92. The maximum Gasteiger partial charge on any atom is 0.399 e. The van der Waals surface area contributed by atoms with Gasteiger partial charge in [-0.05, 0) is 41.5 Å². The predicted octanol–water partition coefficient (Wildman–Crippen LogP) is 6.59. The van der Waals surface area contributed by atoms with Crippen molar-refractivity contribution in [3.63, 3.8) is 0 Å². The van der Waals surface area contributed by atoms with Gasteiger partial charge in [0.2, 0.25) is 0 Å². The molecule has 0 aliphatic carbocycles. The van der Waals surface area contributed by atoms with E-state index in [0.717, 1.165) is 6.08 Å². The lowest BCUT2D eigenvalue weighted by molar-refractivity contribution is -0.139. The first-order chi connectivity index (χ1) is 12.7. The van der Waals surface area contributed by atoms with Crippen molar-refractivity contribution < 1.29 is 13.2 Å². The maximum absolute atomic E-state index is 13.5. The van der Waals surface area contributed by atoms with E-state index in [4.69, 9.17) is 34.8 Å². The molecule has 0 N–H and O–H groups in total. The van der Waals surface area contributed by atoms with Crippen LogP contribution in [0.15, 0.2) is 55.1 Å². The zero-order chi connectivity index (χ0) is 19.6. The molecule has 0 saturated heterocycles. The van der Waals surface area contributed by atoms with Gasteiger partial charge in [0.1, 0.15) is 12.7 Å². The fourth-order valence-corrected chi connectivity index (χ4v) is 3.33. The number of alkyl halides is 3. The highest BCUT2D eigenvalue weighted by atomic mass is 35.5. The summed E-state index contributed by atoms with van der Waals surface area (Å²) in [5.74, 6) is -1.86. The van der Waals surface area contributed by atoms with Gasteiger partial charge in [-0.1, -0.05) is 53.0 Å². The SMILES string of the molecule is FC(F)(F)C(/C=C/c1ccc(-n2cncn2)c(Cl)c1)c1cc(Cl)cc(Cl)c1. The Balaban J connectivity index is 1.92. The van der Waals surface area contributed by atoms with Gasteiger partial charge >= 0.3 is 6.18 Å². The summed E-state index contributed by atoms with van der Waals surface area (Å²) in [6, 6.07) is 8.71. The van der Waals surface area contributed by atoms with Gasteiger partial charge in [-0.3, -0.25) is 0 Å². The summed E-state index contributed by atoms with van der Waals surface area (Å²) in [6.07, 6.45) is 0.717. The molecule has 1 unspecified atom stereocenters. The quantitative estimate of drug-likeness (QED) is 0.466. The van der Waals surface area contributed by atoms with E-state index in [1.807, 2.05) is 0 Å². The summed E-state index contributed by atoms with van der Waals surface area (Å²) < 4.78 is 42.0. The van der Waals surface area contributed by atoms with E-state index in [1.165, 1.54) is 41.6 Å². The third kappa shape index (κ3) is 4.83. The van der Waals surface area contributed by atoms with E-state index in [9.17, 15) is 13.2 Å². The van der Waals surface area contributed by atoms with E-state index in [1.54, 1.807) is 18.2 Å². The van der Waals surface area contributed by atoms with Crippen LogP contribution in [0, 0.1) is 0 Å². The van der Waals surface area contributed by atoms with Crippen molar-refractivity contribution in [3.8, 4) is 5.69 Å². The first-order valence-corrected chi connectivity index (χ1v) is 8.73. The van der Waals surface area contributed by atoms with Crippen LogP contribution in [-0.4, -0.2) is 20.9 Å². The molecule has 0 bridgehead atoms. The number of nitrogens with zero attached hydrogens (tertiary/aromatic N) is 3. The van der Waals surface area contributed by atoms with Crippen LogP contribution in [0.4, 0.5) is 13.2 Å². The monoisotopic (exact) mass is 431 g/mol. The molecular weight excluding hydrogens is 422 g/mol. The Morgan fingerprint density at radius 3 is 2.26 bits per heavy atom. The van der Waals surface area contributed by atoms with Crippen LogP contribution in [0.25, 0.3) is 11.8 Å². The van der Waals surface area contributed by atoms with E-state index >= 15 is 0 Å². The summed E-state index contributed by atoms with van der Waals surface area (Å²) in [5, 5.41) is 4.58. The Labute approximate surface area is 168 Å². The average Bonchev–Trinajstić information content (AvgIpc) is 3.07. The van der Waals surface area contributed by atoms with Crippen molar-refractivity contribution in [3.05, 3.63) is 81.3 Å². The molecule has 0 spiro atoms. The van der Waals surface area contributed by atoms with Crippen molar-refractivity contribution >= 4 is 40.9 Å². The molecule has 1 atom stereocenters. The fraction of sp³-hybridized carbons (Fsp3) is 0.111. The van der Waals surface area contributed by atoms with Gasteiger partial charge < -0.3 is 0 Å². The van der Waals surface area contributed by atoms with E-state index in [2.05, 4.69) is 10.1 Å². The number of benzene rings is 2. The standard InChI is InChI=1S/C18H11Cl3F3N3/c19-13-6-12(7-14(20)8-13)15(18(22,23)24)3-1-11-2-4-17(16(21)5-11)27-10-25-9-26-27/h1-10,15H/b3-1+. The molecule has 0 fully saturated rings. The molecule has 3 nitrogen and oxygen atoms in total. The van der Waals surface area contributed by atoms with Gasteiger partial charge in [0, 0.05) is 10.0 Å². The lowest BCUT2D eigenvalue weighted by Gasteiger charge is -2.18. The molecule has 9 heteroatoms. The number of aromatic nitrogens is 3. The third-order valence-electron chi connectivity index (χ3n) is 3.72. The van der Waals surface area contributed by atoms with Crippen LogP contribution in [0.2, 0.25) is 15.1 Å². The number of hydrogen-bond donors (Lipinski definition) is 0. The van der Waals surface area contributed by atoms with Crippen LogP contribution in [-0.2, 0) is 0 Å². The lowest BCUT2D eigenvalue weighted by atomic mass is 9.97. The van der Waals surface area contributed by atoms with Crippen molar-refractivity contribution in [2.75, 3.05) is 0 Å². The summed E-state index contributed by atoms with van der Waals surface area (Å²) in [5.41, 5.74) is 1.04. The van der Waals surface area contributed by atoms with Crippen molar-refractivity contribution in [1.82, 2.24) is 14.8 Å². The van der Waals surface area contributed by atoms with Gasteiger partial charge in [0.25, 0.3) is 0 Å². The number of hydrogen-bond acceptors (Lipinski definition) is 2. The molecule has 0 aliphatic heterocycles. The Morgan fingerprint density at radius 1 is 1.00 bits per heavy atom. The minimum Gasteiger partial charge on any atom is -0.223 e. The zero-order valence-corrected chi connectivity index (χ0v) is 15.7. The van der Waals surface area contributed by atoms with Crippen LogP contribution in [0.1, 0.15) is 17.0 Å². The first-order valence-electron chi connectivity index (χ1n) is 7.59. The highest BCUT2D eigenvalue weighted by molar-refractivity contribution is 6.34. The molecule has 2 aromatic carbocycles. The smallest absolute Gasteiger partial charge is 0.223 e. The zero-order valence-electron chi connectivity index (χ0n) is 13.5. The predicted molar refractivity (Wildman–Crippen MR) is 101 cm³/mol. The highest BCUT2D eigenvalue weighted by Gasteiger charge is 2.39. The van der Waals surface area contributed by atoms with E-state index in [0.29, 0.717) is 16.3 Å².